The van der Waals surface area contributed by atoms with E-state index >= 15 is 0 Å². The summed E-state index contributed by atoms with van der Waals surface area (Å²) < 4.78 is 0. The van der Waals surface area contributed by atoms with Gasteiger partial charge in [0.1, 0.15) is 5.82 Å². The van der Waals surface area contributed by atoms with Crippen LogP contribution in [0.5, 0.6) is 0 Å². The van der Waals surface area contributed by atoms with E-state index in [4.69, 9.17) is 5.73 Å². The predicted molar refractivity (Wildman–Crippen MR) is 126 cm³/mol. The lowest BCUT2D eigenvalue weighted by Gasteiger charge is -2.43. The van der Waals surface area contributed by atoms with Crippen molar-refractivity contribution in [3.63, 3.8) is 0 Å². The van der Waals surface area contributed by atoms with Crippen LogP contribution in [0.15, 0.2) is 48.7 Å². The van der Waals surface area contributed by atoms with Gasteiger partial charge in [-0.3, -0.25) is 9.59 Å². The van der Waals surface area contributed by atoms with Gasteiger partial charge in [-0.05, 0) is 55.7 Å². The molecule has 2 saturated heterocycles. The molecule has 6 heteroatoms. The number of anilines is 1. The third-order valence-corrected chi connectivity index (χ3v) is 7.38. The number of nitrogen functional groups attached to an aromatic ring is 1. The van der Waals surface area contributed by atoms with Crippen molar-refractivity contribution in [3.05, 3.63) is 59.8 Å². The van der Waals surface area contributed by atoms with Gasteiger partial charge in [-0.25, -0.2) is 4.98 Å². The fraction of sp³-hybridized carbons (Fsp3) is 0.500. The number of nitrogens with two attached hydrogens (primary N) is 1. The van der Waals surface area contributed by atoms with Gasteiger partial charge in [0.2, 0.25) is 5.91 Å². The van der Waals surface area contributed by atoms with Gasteiger partial charge in [0.05, 0.1) is 5.56 Å². The Bertz CT molecular complexity index is 923. The maximum atomic E-state index is 13.7. The summed E-state index contributed by atoms with van der Waals surface area (Å²) in [4.78, 5) is 34.5. The average molecular weight is 435 g/mol. The minimum atomic E-state index is -0.342. The van der Waals surface area contributed by atoms with E-state index < -0.39 is 0 Å². The number of pyridine rings is 1. The highest BCUT2D eigenvalue weighted by atomic mass is 16.2. The van der Waals surface area contributed by atoms with Crippen LogP contribution in [0.25, 0.3) is 0 Å². The molecular weight excluding hydrogens is 400 g/mol. The highest BCUT2D eigenvalue weighted by Crippen LogP contribution is 2.42. The first-order valence-corrected chi connectivity index (χ1v) is 11.8. The molecule has 3 heterocycles. The van der Waals surface area contributed by atoms with E-state index in [1.807, 2.05) is 11.0 Å². The van der Waals surface area contributed by atoms with Crippen molar-refractivity contribution in [2.24, 2.45) is 11.3 Å². The number of carbonyl (C=O) groups excluding carboxylic acids is 2. The van der Waals surface area contributed by atoms with E-state index in [0.29, 0.717) is 36.3 Å². The summed E-state index contributed by atoms with van der Waals surface area (Å²) in [5.41, 5.74) is 7.14. The SMILES string of the molecule is CC1(C2CCN(C(=O)c3ccc(N)nc3)CC2)CCCCN(CCc2ccccc2)C1=O. The zero-order valence-corrected chi connectivity index (χ0v) is 19.0. The van der Waals surface area contributed by atoms with Crippen molar-refractivity contribution in [2.45, 2.75) is 45.4 Å². The zero-order chi connectivity index (χ0) is 22.6. The number of nitrogens with zero attached hydrogens (tertiary/aromatic N) is 3. The summed E-state index contributed by atoms with van der Waals surface area (Å²) >= 11 is 0. The van der Waals surface area contributed by atoms with Crippen LogP contribution in [0.3, 0.4) is 0 Å². The molecule has 6 nitrogen and oxygen atoms in total. The molecule has 1 aromatic heterocycles. The second kappa shape index (κ2) is 9.72. The molecule has 0 radical (unpaired) electrons. The molecule has 2 aliphatic rings. The first kappa shape index (κ1) is 22.3. The summed E-state index contributed by atoms with van der Waals surface area (Å²) in [5.74, 6) is 1.02. The van der Waals surface area contributed by atoms with Crippen LogP contribution < -0.4 is 5.73 Å². The molecule has 1 unspecified atom stereocenters. The first-order chi connectivity index (χ1) is 15.5. The van der Waals surface area contributed by atoms with Crippen LogP contribution in [0.2, 0.25) is 0 Å². The average Bonchev–Trinajstić information content (AvgIpc) is 2.97. The van der Waals surface area contributed by atoms with Crippen LogP contribution in [-0.2, 0) is 11.2 Å². The number of hydrogen-bond acceptors (Lipinski definition) is 4. The van der Waals surface area contributed by atoms with Gasteiger partial charge in [-0.15, -0.1) is 0 Å². The Labute approximate surface area is 190 Å². The Morgan fingerprint density at radius 2 is 1.84 bits per heavy atom. The van der Waals surface area contributed by atoms with Gasteiger partial charge in [-0.2, -0.15) is 0 Å². The fourth-order valence-corrected chi connectivity index (χ4v) is 5.30. The Morgan fingerprint density at radius 3 is 2.53 bits per heavy atom. The standard InChI is InChI=1S/C26H34N4O2/c1-26(14-5-6-15-30(25(26)32)16-11-20-7-3-2-4-8-20)22-12-17-29(18-13-22)24(31)21-9-10-23(27)28-19-21/h2-4,7-10,19,22H,5-6,11-18H2,1H3,(H2,27,28). The summed E-state index contributed by atoms with van der Waals surface area (Å²) in [7, 11) is 0. The van der Waals surface area contributed by atoms with Crippen molar-refractivity contribution in [2.75, 3.05) is 31.9 Å². The normalized spacial score (nSPS) is 22.6. The summed E-state index contributed by atoms with van der Waals surface area (Å²) in [6.07, 6.45) is 7.26. The molecule has 2 aliphatic heterocycles. The minimum absolute atomic E-state index is 0.00205. The van der Waals surface area contributed by atoms with Crippen LogP contribution >= 0.6 is 0 Å². The summed E-state index contributed by atoms with van der Waals surface area (Å²) in [6.45, 7) is 5.16. The largest absolute Gasteiger partial charge is 0.384 e. The smallest absolute Gasteiger partial charge is 0.255 e. The maximum Gasteiger partial charge on any atom is 0.255 e. The number of aromatic nitrogens is 1. The number of carbonyl (C=O) groups is 2. The molecule has 2 fully saturated rings. The third-order valence-electron chi connectivity index (χ3n) is 7.38. The van der Waals surface area contributed by atoms with E-state index in [2.05, 4.69) is 41.1 Å². The molecule has 2 amide bonds. The highest BCUT2D eigenvalue weighted by molar-refractivity contribution is 5.94. The van der Waals surface area contributed by atoms with Crippen molar-refractivity contribution in [1.82, 2.24) is 14.8 Å². The van der Waals surface area contributed by atoms with Gasteiger partial charge < -0.3 is 15.5 Å². The molecule has 170 valence electrons. The summed E-state index contributed by atoms with van der Waals surface area (Å²) in [5, 5.41) is 0. The van der Waals surface area contributed by atoms with Gasteiger partial charge in [-0.1, -0.05) is 43.7 Å². The van der Waals surface area contributed by atoms with E-state index in [-0.39, 0.29) is 11.3 Å². The van der Waals surface area contributed by atoms with Crippen molar-refractivity contribution in [3.8, 4) is 0 Å². The molecular formula is C26H34N4O2. The lowest BCUT2D eigenvalue weighted by atomic mass is 9.69. The molecule has 4 rings (SSSR count). The highest BCUT2D eigenvalue weighted by Gasteiger charge is 2.45. The van der Waals surface area contributed by atoms with Crippen molar-refractivity contribution >= 4 is 17.6 Å². The number of piperidine rings is 1. The van der Waals surface area contributed by atoms with Crippen molar-refractivity contribution in [1.29, 1.82) is 0 Å². The molecule has 32 heavy (non-hydrogen) atoms. The molecule has 2 aromatic rings. The Morgan fingerprint density at radius 1 is 1.09 bits per heavy atom. The second-order valence-corrected chi connectivity index (χ2v) is 9.44. The molecule has 0 spiro atoms. The number of amides is 2. The van der Waals surface area contributed by atoms with Crippen LogP contribution in [0.1, 0.15) is 54.9 Å². The molecule has 1 aromatic carbocycles. The lowest BCUT2D eigenvalue weighted by molar-refractivity contribution is -0.144. The molecule has 2 N–H and O–H groups in total. The lowest BCUT2D eigenvalue weighted by Crippen LogP contribution is -2.49. The van der Waals surface area contributed by atoms with Gasteiger partial charge in [0.15, 0.2) is 0 Å². The number of likely N-dealkylation sites (tertiary alicyclic amines) is 2. The molecule has 1 atom stereocenters. The van der Waals surface area contributed by atoms with E-state index in [1.165, 1.54) is 5.56 Å². The topological polar surface area (TPSA) is 79.5 Å². The first-order valence-electron chi connectivity index (χ1n) is 11.8. The Kier molecular flexibility index (Phi) is 6.77. The number of hydrogen-bond donors (Lipinski definition) is 1. The third kappa shape index (κ3) is 4.79. The summed E-state index contributed by atoms with van der Waals surface area (Å²) in [6, 6.07) is 13.8. The predicted octanol–water partition coefficient (Wildman–Crippen LogP) is 3.78. The monoisotopic (exact) mass is 434 g/mol. The zero-order valence-electron chi connectivity index (χ0n) is 19.0. The van der Waals surface area contributed by atoms with Gasteiger partial charge >= 0.3 is 0 Å². The van der Waals surface area contributed by atoms with Crippen molar-refractivity contribution < 1.29 is 9.59 Å². The van der Waals surface area contributed by atoms with Gasteiger partial charge in [0, 0.05) is 37.8 Å². The van der Waals surface area contributed by atoms with E-state index in [1.54, 1.807) is 18.3 Å². The maximum absolute atomic E-state index is 13.7. The molecule has 0 bridgehead atoms. The number of rotatable bonds is 5. The second-order valence-electron chi connectivity index (χ2n) is 9.44. The van der Waals surface area contributed by atoms with E-state index in [0.717, 1.165) is 51.6 Å². The quantitative estimate of drug-likeness (QED) is 0.777. The van der Waals surface area contributed by atoms with Crippen LogP contribution in [-0.4, -0.2) is 52.8 Å². The van der Waals surface area contributed by atoms with Gasteiger partial charge in [0.25, 0.3) is 5.91 Å². The Balaban J connectivity index is 1.39. The fourth-order valence-electron chi connectivity index (χ4n) is 5.30. The number of benzene rings is 1. The van der Waals surface area contributed by atoms with Crippen LogP contribution in [0, 0.1) is 11.3 Å². The minimum Gasteiger partial charge on any atom is -0.384 e. The van der Waals surface area contributed by atoms with E-state index in [9.17, 15) is 9.59 Å². The molecule has 0 aliphatic carbocycles. The Hall–Kier alpha value is -2.89. The van der Waals surface area contributed by atoms with Crippen LogP contribution in [0.4, 0.5) is 5.82 Å². The molecule has 0 saturated carbocycles.